The number of carbonyl (C=O) groups is 2. The summed E-state index contributed by atoms with van der Waals surface area (Å²) >= 11 is 0. The monoisotopic (exact) mass is 383 g/mol. The second-order valence-electron chi connectivity index (χ2n) is 8.07. The van der Waals surface area contributed by atoms with Gasteiger partial charge in [0.1, 0.15) is 6.61 Å². The summed E-state index contributed by atoms with van der Waals surface area (Å²) in [6, 6.07) is 6.72. The number of piperazine rings is 1. The summed E-state index contributed by atoms with van der Waals surface area (Å²) in [5.74, 6) is -0.165. The van der Waals surface area contributed by atoms with Crippen LogP contribution in [0.5, 0.6) is 0 Å². The van der Waals surface area contributed by atoms with E-state index in [0.29, 0.717) is 6.04 Å². The van der Waals surface area contributed by atoms with E-state index in [4.69, 9.17) is 5.11 Å². The minimum atomic E-state index is -0.444. The third-order valence-electron chi connectivity index (χ3n) is 6.30. The van der Waals surface area contributed by atoms with E-state index in [1.165, 1.54) is 11.1 Å². The van der Waals surface area contributed by atoms with E-state index in [1.807, 2.05) is 17.0 Å². The fourth-order valence-electron chi connectivity index (χ4n) is 4.73. The van der Waals surface area contributed by atoms with Crippen molar-refractivity contribution in [2.75, 3.05) is 32.8 Å². The molecule has 28 heavy (non-hydrogen) atoms. The molecule has 1 heterocycles. The van der Waals surface area contributed by atoms with Crippen molar-refractivity contribution in [1.29, 1.82) is 0 Å². The number of hydrogen-bond donors (Lipinski definition) is 2. The molecule has 3 aliphatic rings. The Morgan fingerprint density at radius 2 is 1.96 bits per heavy atom. The number of aryl methyl sites for hydroxylation is 1. The number of aliphatic hydroxyl groups excluding tert-OH is 1. The van der Waals surface area contributed by atoms with Crippen LogP contribution >= 0.6 is 0 Å². The van der Waals surface area contributed by atoms with E-state index < -0.39 is 6.61 Å². The molecular weight excluding hydrogens is 354 g/mol. The summed E-state index contributed by atoms with van der Waals surface area (Å²) < 4.78 is 0. The molecule has 2 fully saturated rings. The molecular formula is C22H29N3O3. The van der Waals surface area contributed by atoms with Gasteiger partial charge in [0.15, 0.2) is 0 Å². The maximum Gasteiger partial charge on any atom is 0.253 e. The maximum absolute atomic E-state index is 12.9. The molecule has 0 radical (unpaired) electrons. The summed E-state index contributed by atoms with van der Waals surface area (Å²) in [5.41, 5.74) is 3.29. The van der Waals surface area contributed by atoms with E-state index in [9.17, 15) is 9.59 Å². The highest BCUT2D eigenvalue weighted by Gasteiger charge is 2.32. The standard InChI is InChI=1S/C22H29N3O3/c26-15-21(27)23-19-7-8-20(14-19)24-9-11-25(12-10-24)22(28)18-6-5-16-3-1-2-4-17(16)13-18/h2,4-6,13,19-20,26H,1,3,7-12,14-15H2,(H,23,27). The molecule has 6 heteroatoms. The normalized spacial score (nSPS) is 24.8. The average Bonchev–Trinajstić information content (AvgIpc) is 3.21. The molecule has 0 bridgehead atoms. The molecule has 0 aromatic heterocycles. The van der Waals surface area contributed by atoms with E-state index in [1.54, 1.807) is 0 Å². The lowest BCUT2D eigenvalue weighted by Gasteiger charge is -2.38. The maximum atomic E-state index is 12.9. The third kappa shape index (κ3) is 4.13. The molecule has 1 aliphatic heterocycles. The van der Waals surface area contributed by atoms with Crippen LogP contribution in [0, 0.1) is 0 Å². The van der Waals surface area contributed by atoms with Crippen LogP contribution < -0.4 is 5.32 Å². The first-order valence-electron chi connectivity index (χ1n) is 10.4. The van der Waals surface area contributed by atoms with Crippen molar-refractivity contribution in [2.45, 2.75) is 44.2 Å². The van der Waals surface area contributed by atoms with Crippen LogP contribution in [-0.4, -0.2) is 71.6 Å². The summed E-state index contributed by atoms with van der Waals surface area (Å²) in [4.78, 5) is 28.7. The molecule has 1 saturated carbocycles. The van der Waals surface area contributed by atoms with Crippen molar-refractivity contribution >= 4 is 17.9 Å². The predicted octanol–water partition coefficient (Wildman–Crippen LogP) is 1.43. The Morgan fingerprint density at radius 3 is 2.75 bits per heavy atom. The van der Waals surface area contributed by atoms with Gasteiger partial charge in [-0.15, -0.1) is 0 Å². The minimum absolute atomic E-state index is 0.126. The van der Waals surface area contributed by atoms with Gasteiger partial charge in [0.05, 0.1) is 0 Å². The zero-order valence-corrected chi connectivity index (χ0v) is 16.3. The van der Waals surface area contributed by atoms with Crippen molar-refractivity contribution < 1.29 is 14.7 Å². The molecule has 4 rings (SSSR count). The Kier molecular flexibility index (Phi) is 5.78. The van der Waals surface area contributed by atoms with Crippen molar-refractivity contribution in [3.63, 3.8) is 0 Å². The van der Waals surface area contributed by atoms with Gasteiger partial charge in [0.2, 0.25) is 5.91 Å². The largest absolute Gasteiger partial charge is 0.387 e. The Balaban J connectivity index is 1.30. The van der Waals surface area contributed by atoms with Crippen LogP contribution in [0.1, 0.15) is 47.2 Å². The quantitative estimate of drug-likeness (QED) is 0.825. The fourth-order valence-corrected chi connectivity index (χ4v) is 4.73. The second kappa shape index (κ2) is 8.45. The van der Waals surface area contributed by atoms with Crippen molar-refractivity contribution in [3.05, 3.63) is 41.0 Å². The molecule has 1 aromatic carbocycles. The van der Waals surface area contributed by atoms with Crippen molar-refractivity contribution in [3.8, 4) is 0 Å². The molecule has 2 atom stereocenters. The van der Waals surface area contributed by atoms with Gasteiger partial charge in [0, 0.05) is 43.8 Å². The van der Waals surface area contributed by atoms with E-state index >= 15 is 0 Å². The number of hydrogen-bond acceptors (Lipinski definition) is 4. The number of amides is 2. The predicted molar refractivity (Wildman–Crippen MR) is 108 cm³/mol. The summed E-state index contributed by atoms with van der Waals surface area (Å²) in [7, 11) is 0. The Hall–Kier alpha value is -2.18. The number of carbonyl (C=O) groups excluding carboxylic acids is 2. The van der Waals surface area contributed by atoms with E-state index in [-0.39, 0.29) is 17.9 Å². The van der Waals surface area contributed by atoms with E-state index in [0.717, 1.165) is 63.8 Å². The molecule has 2 unspecified atom stereocenters. The highest BCUT2D eigenvalue weighted by atomic mass is 16.3. The average molecular weight is 383 g/mol. The lowest BCUT2D eigenvalue weighted by molar-refractivity contribution is -0.124. The van der Waals surface area contributed by atoms with Gasteiger partial charge in [0.25, 0.3) is 5.91 Å². The topological polar surface area (TPSA) is 72.9 Å². The van der Waals surface area contributed by atoms with Gasteiger partial charge in [-0.2, -0.15) is 0 Å². The van der Waals surface area contributed by atoms with Gasteiger partial charge in [-0.05, 0) is 55.4 Å². The van der Waals surface area contributed by atoms with E-state index in [2.05, 4.69) is 28.4 Å². The highest BCUT2D eigenvalue weighted by molar-refractivity contribution is 5.95. The van der Waals surface area contributed by atoms with Crippen LogP contribution in [0.25, 0.3) is 6.08 Å². The first-order chi connectivity index (χ1) is 13.6. The zero-order chi connectivity index (χ0) is 19.5. The van der Waals surface area contributed by atoms with Gasteiger partial charge in [-0.3, -0.25) is 14.5 Å². The molecule has 6 nitrogen and oxygen atoms in total. The van der Waals surface area contributed by atoms with Crippen LogP contribution in [-0.2, 0) is 11.2 Å². The van der Waals surface area contributed by atoms with Gasteiger partial charge >= 0.3 is 0 Å². The smallest absolute Gasteiger partial charge is 0.253 e. The Bertz CT molecular complexity index is 768. The number of allylic oxidation sites excluding steroid dienone is 1. The number of aliphatic hydroxyl groups is 1. The number of rotatable bonds is 4. The number of fused-ring (bicyclic) bond motifs is 1. The van der Waals surface area contributed by atoms with Crippen LogP contribution in [0.2, 0.25) is 0 Å². The zero-order valence-electron chi connectivity index (χ0n) is 16.3. The van der Waals surface area contributed by atoms with Gasteiger partial charge in [-0.1, -0.05) is 18.2 Å². The fraction of sp³-hybridized carbons (Fsp3) is 0.545. The molecule has 2 amide bonds. The second-order valence-corrected chi connectivity index (χ2v) is 8.07. The molecule has 150 valence electrons. The van der Waals surface area contributed by atoms with Crippen molar-refractivity contribution in [2.24, 2.45) is 0 Å². The summed E-state index contributed by atoms with van der Waals surface area (Å²) in [6.45, 7) is 2.80. The van der Waals surface area contributed by atoms with Crippen LogP contribution in [0.4, 0.5) is 0 Å². The van der Waals surface area contributed by atoms with Gasteiger partial charge < -0.3 is 15.3 Å². The summed E-state index contributed by atoms with van der Waals surface area (Å²) in [6.07, 6.45) is 9.37. The Labute approximate surface area is 166 Å². The lowest BCUT2D eigenvalue weighted by Crippen LogP contribution is -2.51. The molecule has 1 saturated heterocycles. The van der Waals surface area contributed by atoms with Crippen LogP contribution in [0.15, 0.2) is 24.3 Å². The molecule has 1 aromatic rings. The number of benzene rings is 1. The highest BCUT2D eigenvalue weighted by Crippen LogP contribution is 2.26. The number of nitrogens with zero attached hydrogens (tertiary/aromatic N) is 2. The number of nitrogens with one attached hydrogen (secondary N) is 1. The summed E-state index contributed by atoms with van der Waals surface area (Å²) in [5, 5.41) is 11.8. The van der Waals surface area contributed by atoms with Crippen LogP contribution in [0.3, 0.4) is 0 Å². The Morgan fingerprint density at radius 1 is 1.14 bits per heavy atom. The third-order valence-corrected chi connectivity index (χ3v) is 6.30. The lowest BCUT2D eigenvalue weighted by atomic mass is 9.95. The molecule has 0 spiro atoms. The first-order valence-corrected chi connectivity index (χ1v) is 10.4. The minimum Gasteiger partial charge on any atom is -0.387 e. The molecule has 2 aliphatic carbocycles. The SMILES string of the molecule is O=C(CO)NC1CCC(N2CCN(C(=O)c3ccc4c(c3)C=CCC4)CC2)C1. The van der Waals surface area contributed by atoms with Crippen molar-refractivity contribution in [1.82, 2.24) is 15.1 Å². The van der Waals surface area contributed by atoms with Gasteiger partial charge in [-0.25, -0.2) is 0 Å². The first kappa shape index (κ1) is 19.2. The molecule has 2 N–H and O–H groups in total.